The lowest BCUT2D eigenvalue weighted by atomic mass is 9.79. The fourth-order valence-corrected chi connectivity index (χ4v) is 4.21. The Kier molecular flexibility index (Phi) is 5.43. The van der Waals surface area contributed by atoms with E-state index in [1.807, 2.05) is 0 Å². The Bertz CT molecular complexity index is 1040. The van der Waals surface area contributed by atoms with Gasteiger partial charge >= 0.3 is 5.92 Å². The van der Waals surface area contributed by atoms with Crippen molar-refractivity contribution < 1.29 is 23.2 Å². The van der Waals surface area contributed by atoms with Gasteiger partial charge in [0.15, 0.2) is 0 Å². The number of benzene rings is 2. The predicted molar refractivity (Wildman–Crippen MR) is 111 cm³/mol. The first-order chi connectivity index (χ1) is 14.8. The zero-order valence-corrected chi connectivity index (χ0v) is 16.9. The summed E-state index contributed by atoms with van der Waals surface area (Å²) >= 11 is 0. The summed E-state index contributed by atoms with van der Waals surface area (Å²) in [4.78, 5) is 39.1. The molecule has 0 unspecified atom stereocenters. The van der Waals surface area contributed by atoms with E-state index in [2.05, 4.69) is 5.32 Å². The van der Waals surface area contributed by atoms with Crippen LogP contribution in [0, 0.1) is 11.8 Å². The third-order valence-corrected chi connectivity index (χ3v) is 5.97. The van der Waals surface area contributed by atoms with Crippen molar-refractivity contribution in [2.75, 3.05) is 4.90 Å². The molecule has 4 rings (SSSR count). The number of halogens is 2. The third-order valence-electron chi connectivity index (χ3n) is 5.97. The summed E-state index contributed by atoms with van der Waals surface area (Å²) < 4.78 is 30.0. The Morgan fingerprint density at radius 3 is 2.23 bits per heavy atom. The maximum atomic E-state index is 15.0. The van der Waals surface area contributed by atoms with E-state index in [0.29, 0.717) is 11.3 Å². The summed E-state index contributed by atoms with van der Waals surface area (Å²) in [7, 11) is 0. The Hall–Kier alpha value is -3.35. The van der Waals surface area contributed by atoms with E-state index in [4.69, 9.17) is 0 Å². The van der Waals surface area contributed by atoms with Gasteiger partial charge in [0.2, 0.25) is 11.8 Å². The van der Waals surface area contributed by atoms with Crippen molar-refractivity contribution in [1.82, 2.24) is 5.32 Å². The van der Waals surface area contributed by atoms with Crippen LogP contribution in [-0.2, 0) is 14.4 Å². The number of imide groups is 1. The second kappa shape index (κ2) is 8.06. The Balaban J connectivity index is 1.50. The number of hydrogen-bond donors (Lipinski definition) is 1. The Morgan fingerprint density at radius 1 is 1.00 bits per heavy atom. The number of para-hydroxylation sites is 1. The number of fused-ring (bicyclic) bond motifs is 1. The number of carbonyl (C=O) groups excluding carboxylic acids is 3. The molecule has 2 aromatic rings. The van der Waals surface area contributed by atoms with Crippen molar-refractivity contribution >= 4 is 23.4 Å². The molecule has 1 heterocycles. The molecule has 2 aromatic carbocycles. The number of alkyl halides is 2. The second-order valence-electron chi connectivity index (χ2n) is 7.91. The van der Waals surface area contributed by atoms with Crippen molar-refractivity contribution in [1.29, 1.82) is 0 Å². The summed E-state index contributed by atoms with van der Waals surface area (Å²) in [6.07, 6.45) is 0.928. The average molecular weight is 424 g/mol. The van der Waals surface area contributed by atoms with Gasteiger partial charge < -0.3 is 5.32 Å². The molecule has 5 nitrogen and oxygen atoms in total. The molecule has 0 spiro atoms. The number of anilines is 1. The number of allylic oxidation sites excluding steroid dienone is 1. The lowest BCUT2D eigenvalue weighted by Gasteiger charge is -2.27. The molecule has 3 atom stereocenters. The molecule has 7 heteroatoms. The van der Waals surface area contributed by atoms with E-state index in [9.17, 15) is 23.2 Å². The standard InChI is InChI=1S/C24H22F2N2O3/c1-15(16-8-4-2-5-9-16)27-23(31)24(25,26)17-12-13-19-20(14-17)22(30)28(21(19)29)18-10-6-3-7-11-18/h2-12,15,19-20H,13-14H2,1H3,(H,27,31)/t15-,19+,20-/m1/s1. The molecule has 2 aliphatic rings. The minimum atomic E-state index is -3.77. The first kappa shape index (κ1) is 20.9. The van der Waals surface area contributed by atoms with E-state index in [-0.39, 0.29) is 18.7 Å². The van der Waals surface area contributed by atoms with Gasteiger partial charge in [-0.3, -0.25) is 19.3 Å². The lowest BCUT2D eigenvalue weighted by Crippen LogP contribution is -2.44. The van der Waals surface area contributed by atoms with Crippen LogP contribution >= 0.6 is 0 Å². The monoisotopic (exact) mass is 424 g/mol. The Morgan fingerprint density at radius 2 is 1.58 bits per heavy atom. The second-order valence-corrected chi connectivity index (χ2v) is 7.91. The summed E-state index contributed by atoms with van der Waals surface area (Å²) in [6, 6.07) is 16.7. The number of nitrogens with one attached hydrogen (secondary N) is 1. The number of hydrogen-bond acceptors (Lipinski definition) is 3. The van der Waals surface area contributed by atoms with Gasteiger partial charge in [0.25, 0.3) is 5.91 Å². The summed E-state index contributed by atoms with van der Waals surface area (Å²) in [5.74, 6) is -7.64. The molecule has 1 N–H and O–H groups in total. The number of rotatable bonds is 5. The SMILES string of the molecule is C[C@@H](NC(=O)C(F)(F)C1=CC[C@@H]2C(=O)N(c3ccccc3)C(=O)[C@@H]2C1)c1ccccc1. The van der Waals surface area contributed by atoms with Crippen LogP contribution < -0.4 is 10.2 Å². The molecule has 0 bridgehead atoms. The zero-order chi connectivity index (χ0) is 22.2. The van der Waals surface area contributed by atoms with Crippen LogP contribution in [0.2, 0.25) is 0 Å². The molecule has 0 saturated carbocycles. The normalized spacial score (nSPS) is 22.0. The van der Waals surface area contributed by atoms with E-state index in [0.717, 1.165) is 4.90 Å². The van der Waals surface area contributed by atoms with Crippen LogP contribution in [0.4, 0.5) is 14.5 Å². The maximum Gasteiger partial charge on any atom is 0.345 e. The van der Waals surface area contributed by atoms with Gasteiger partial charge in [0, 0.05) is 5.57 Å². The molecular weight excluding hydrogens is 402 g/mol. The summed E-state index contributed by atoms with van der Waals surface area (Å²) in [6.45, 7) is 1.63. The highest BCUT2D eigenvalue weighted by molar-refractivity contribution is 6.22. The van der Waals surface area contributed by atoms with Crippen LogP contribution in [0.3, 0.4) is 0 Å². The van der Waals surface area contributed by atoms with Crippen molar-refractivity contribution in [2.45, 2.75) is 31.7 Å². The van der Waals surface area contributed by atoms with Gasteiger partial charge in [0.1, 0.15) is 0 Å². The van der Waals surface area contributed by atoms with Gasteiger partial charge in [-0.15, -0.1) is 0 Å². The maximum absolute atomic E-state index is 15.0. The molecule has 0 radical (unpaired) electrons. The molecular formula is C24H22F2N2O3. The fraction of sp³-hybridized carbons (Fsp3) is 0.292. The third kappa shape index (κ3) is 3.76. The molecule has 0 aromatic heterocycles. The number of carbonyl (C=O) groups is 3. The van der Waals surface area contributed by atoms with Gasteiger partial charge in [-0.1, -0.05) is 54.6 Å². The van der Waals surface area contributed by atoms with E-state index >= 15 is 0 Å². The highest BCUT2D eigenvalue weighted by Gasteiger charge is 2.53. The van der Waals surface area contributed by atoms with Crippen molar-refractivity contribution in [2.24, 2.45) is 11.8 Å². The lowest BCUT2D eigenvalue weighted by molar-refractivity contribution is -0.142. The first-order valence-electron chi connectivity index (χ1n) is 10.2. The smallest absolute Gasteiger partial charge is 0.344 e. The average Bonchev–Trinajstić information content (AvgIpc) is 3.04. The highest BCUT2D eigenvalue weighted by Crippen LogP contribution is 2.43. The minimum absolute atomic E-state index is 0.00498. The molecule has 1 fully saturated rings. The van der Waals surface area contributed by atoms with Crippen LogP contribution in [-0.4, -0.2) is 23.6 Å². The topological polar surface area (TPSA) is 66.5 Å². The van der Waals surface area contributed by atoms with E-state index < -0.39 is 41.2 Å². The minimum Gasteiger partial charge on any atom is -0.344 e. The first-order valence-corrected chi connectivity index (χ1v) is 10.2. The molecule has 1 aliphatic carbocycles. The van der Waals surface area contributed by atoms with Gasteiger partial charge in [0.05, 0.1) is 23.6 Å². The number of amides is 3. The zero-order valence-electron chi connectivity index (χ0n) is 16.9. The summed E-state index contributed by atoms with van der Waals surface area (Å²) in [5.41, 5.74) is 0.719. The molecule has 1 saturated heterocycles. The molecule has 3 amide bonds. The Labute approximate surface area is 178 Å². The van der Waals surface area contributed by atoms with Gasteiger partial charge in [-0.05, 0) is 37.5 Å². The fourth-order valence-electron chi connectivity index (χ4n) is 4.21. The van der Waals surface area contributed by atoms with Crippen molar-refractivity contribution in [3.8, 4) is 0 Å². The molecule has 31 heavy (non-hydrogen) atoms. The predicted octanol–water partition coefficient (Wildman–Crippen LogP) is 4.03. The summed E-state index contributed by atoms with van der Waals surface area (Å²) in [5, 5.41) is 2.36. The molecule has 1 aliphatic heterocycles. The quantitative estimate of drug-likeness (QED) is 0.582. The van der Waals surface area contributed by atoms with Crippen LogP contribution in [0.15, 0.2) is 72.3 Å². The van der Waals surface area contributed by atoms with E-state index in [1.165, 1.54) is 6.08 Å². The number of nitrogens with zero attached hydrogens (tertiary/aromatic N) is 1. The van der Waals surface area contributed by atoms with E-state index in [1.54, 1.807) is 67.6 Å². The largest absolute Gasteiger partial charge is 0.345 e. The van der Waals surface area contributed by atoms with Crippen LogP contribution in [0.1, 0.15) is 31.4 Å². The van der Waals surface area contributed by atoms with Gasteiger partial charge in [-0.25, -0.2) is 0 Å². The van der Waals surface area contributed by atoms with Crippen LogP contribution in [0.25, 0.3) is 0 Å². The molecule has 160 valence electrons. The van der Waals surface area contributed by atoms with Crippen molar-refractivity contribution in [3.63, 3.8) is 0 Å². The van der Waals surface area contributed by atoms with Crippen LogP contribution in [0.5, 0.6) is 0 Å². The highest BCUT2D eigenvalue weighted by atomic mass is 19.3. The van der Waals surface area contributed by atoms with Gasteiger partial charge in [-0.2, -0.15) is 8.78 Å². The van der Waals surface area contributed by atoms with Crippen molar-refractivity contribution in [3.05, 3.63) is 77.9 Å².